The molecule has 0 bridgehead atoms. The number of ether oxygens (including phenoxy) is 1. The van der Waals surface area contributed by atoms with Gasteiger partial charge < -0.3 is 15.0 Å². The minimum Gasteiger partial charge on any atom is -0.497 e. The molecule has 21 heavy (non-hydrogen) atoms. The Hall–Kier alpha value is -1.71. The minimum absolute atomic E-state index is 0.0329. The van der Waals surface area contributed by atoms with E-state index >= 15 is 0 Å². The van der Waals surface area contributed by atoms with Crippen molar-refractivity contribution in [3.8, 4) is 5.75 Å². The summed E-state index contributed by atoms with van der Waals surface area (Å²) in [6.07, 6.45) is 2.03. The van der Waals surface area contributed by atoms with Crippen molar-refractivity contribution >= 4 is 11.6 Å². The van der Waals surface area contributed by atoms with Crippen LogP contribution in [0, 0.1) is 5.92 Å². The Bertz CT molecular complexity index is 568. The lowest BCUT2D eigenvalue weighted by atomic mass is 9.86. The molecule has 0 radical (unpaired) electrons. The molecule has 0 aromatic heterocycles. The van der Waals surface area contributed by atoms with Crippen LogP contribution in [0.1, 0.15) is 44.4 Å². The topological polar surface area (TPSA) is 41.6 Å². The van der Waals surface area contributed by atoms with Crippen molar-refractivity contribution in [3.63, 3.8) is 0 Å². The second-order valence-corrected chi connectivity index (χ2v) is 6.47. The number of hydrogen-bond acceptors (Lipinski definition) is 3. The van der Waals surface area contributed by atoms with Crippen LogP contribution >= 0.6 is 0 Å². The SMILES string of the molecule is COc1cc2c3c(c1)[C@H](NC(C)=O)C[C@H](C(C)C)N3CC2. The molecular weight excluding hydrogens is 264 g/mol. The van der Waals surface area contributed by atoms with E-state index in [2.05, 4.69) is 36.2 Å². The second-order valence-electron chi connectivity index (χ2n) is 6.47. The van der Waals surface area contributed by atoms with Gasteiger partial charge in [0.15, 0.2) is 0 Å². The van der Waals surface area contributed by atoms with Gasteiger partial charge in [0, 0.05) is 30.8 Å². The van der Waals surface area contributed by atoms with Gasteiger partial charge in [0.25, 0.3) is 0 Å². The molecule has 1 aromatic carbocycles. The zero-order valence-electron chi connectivity index (χ0n) is 13.3. The van der Waals surface area contributed by atoms with Crippen molar-refractivity contribution in [1.29, 1.82) is 0 Å². The number of benzene rings is 1. The number of nitrogens with one attached hydrogen (secondary N) is 1. The van der Waals surface area contributed by atoms with E-state index in [0.717, 1.165) is 25.1 Å². The minimum atomic E-state index is 0.0329. The Morgan fingerprint density at radius 2 is 2.19 bits per heavy atom. The predicted octanol–water partition coefficient (Wildman–Crippen LogP) is 2.66. The summed E-state index contributed by atoms with van der Waals surface area (Å²) in [6, 6.07) is 4.82. The Labute approximate surface area is 126 Å². The maximum Gasteiger partial charge on any atom is 0.217 e. The van der Waals surface area contributed by atoms with E-state index in [1.807, 2.05) is 0 Å². The third kappa shape index (κ3) is 2.37. The molecule has 0 unspecified atom stereocenters. The first kappa shape index (κ1) is 14.2. The zero-order valence-corrected chi connectivity index (χ0v) is 13.3. The molecule has 4 heteroatoms. The van der Waals surface area contributed by atoms with Crippen molar-refractivity contribution in [3.05, 3.63) is 23.3 Å². The quantitative estimate of drug-likeness (QED) is 0.929. The van der Waals surface area contributed by atoms with Gasteiger partial charge in [-0.05, 0) is 36.5 Å². The van der Waals surface area contributed by atoms with Crippen molar-refractivity contribution in [1.82, 2.24) is 5.32 Å². The highest BCUT2D eigenvalue weighted by Gasteiger charge is 2.39. The Kier molecular flexibility index (Phi) is 3.56. The Balaban J connectivity index is 2.09. The molecule has 0 fully saturated rings. The van der Waals surface area contributed by atoms with Crippen LogP contribution < -0.4 is 15.0 Å². The van der Waals surface area contributed by atoms with Crippen molar-refractivity contribution in [2.45, 2.75) is 45.7 Å². The predicted molar refractivity (Wildman–Crippen MR) is 83.8 cm³/mol. The molecular formula is C17H24N2O2. The lowest BCUT2D eigenvalue weighted by Gasteiger charge is -2.42. The average molecular weight is 288 g/mol. The third-order valence-corrected chi connectivity index (χ3v) is 4.74. The molecule has 0 aliphatic carbocycles. The number of hydrogen-bond donors (Lipinski definition) is 1. The maximum absolute atomic E-state index is 11.6. The van der Waals surface area contributed by atoms with Crippen LogP contribution in [0.5, 0.6) is 5.75 Å². The number of carbonyl (C=O) groups excluding carboxylic acids is 1. The fourth-order valence-electron chi connectivity index (χ4n) is 3.81. The van der Waals surface area contributed by atoms with E-state index in [0.29, 0.717) is 12.0 Å². The summed E-state index contributed by atoms with van der Waals surface area (Å²) in [5.74, 6) is 1.50. The van der Waals surface area contributed by atoms with Gasteiger partial charge in [-0.3, -0.25) is 4.79 Å². The van der Waals surface area contributed by atoms with Gasteiger partial charge in [-0.1, -0.05) is 13.8 Å². The number of anilines is 1. The lowest BCUT2D eigenvalue weighted by molar-refractivity contribution is -0.119. The van der Waals surface area contributed by atoms with E-state index in [-0.39, 0.29) is 11.9 Å². The molecule has 2 atom stereocenters. The molecule has 2 aliphatic rings. The molecule has 0 spiro atoms. The highest BCUT2D eigenvalue weighted by molar-refractivity contribution is 5.76. The summed E-state index contributed by atoms with van der Waals surface area (Å²) in [5.41, 5.74) is 3.90. The first-order chi connectivity index (χ1) is 10.0. The van der Waals surface area contributed by atoms with Gasteiger partial charge in [-0.15, -0.1) is 0 Å². The highest BCUT2D eigenvalue weighted by atomic mass is 16.5. The smallest absolute Gasteiger partial charge is 0.217 e. The molecule has 0 saturated heterocycles. The largest absolute Gasteiger partial charge is 0.497 e. The van der Waals surface area contributed by atoms with Crippen LogP contribution in [0.4, 0.5) is 5.69 Å². The van der Waals surface area contributed by atoms with Crippen LogP contribution in [0.3, 0.4) is 0 Å². The molecule has 114 valence electrons. The van der Waals surface area contributed by atoms with E-state index in [1.165, 1.54) is 16.8 Å². The van der Waals surface area contributed by atoms with Gasteiger partial charge in [-0.2, -0.15) is 0 Å². The van der Waals surface area contributed by atoms with Gasteiger partial charge >= 0.3 is 0 Å². The van der Waals surface area contributed by atoms with Crippen LogP contribution in [-0.4, -0.2) is 25.6 Å². The first-order valence-electron chi connectivity index (χ1n) is 7.75. The van der Waals surface area contributed by atoms with Crippen LogP contribution in [0.2, 0.25) is 0 Å². The summed E-state index contributed by atoms with van der Waals surface area (Å²) in [7, 11) is 1.70. The van der Waals surface area contributed by atoms with Gasteiger partial charge in [-0.25, -0.2) is 0 Å². The fourth-order valence-corrected chi connectivity index (χ4v) is 3.81. The molecule has 4 nitrogen and oxygen atoms in total. The number of carbonyl (C=O) groups is 1. The lowest BCUT2D eigenvalue weighted by Crippen LogP contribution is -2.45. The Morgan fingerprint density at radius 1 is 1.43 bits per heavy atom. The molecule has 2 aliphatic heterocycles. The highest BCUT2D eigenvalue weighted by Crippen LogP contribution is 2.46. The zero-order chi connectivity index (χ0) is 15.1. The molecule has 1 N–H and O–H groups in total. The fraction of sp³-hybridized carbons (Fsp3) is 0.588. The third-order valence-electron chi connectivity index (χ3n) is 4.74. The average Bonchev–Trinajstić information content (AvgIpc) is 2.85. The van der Waals surface area contributed by atoms with Crippen LogP contribution in [0.15, 0.2) is 12.1 Å². The molecule has 1 amide bonds. The summed E-state index contributed by atoms with van der Waals surface area (Å²) in [4.78, 5) is 14.1. The van der Waals surface area contributed by atoms with Gasteiger partial charge in [0.05, 0.1) is 13.2 Å². The normalized spacial score (nSPS) is 23.2. The van der Waals surface area contributed by atoms with E-state index in [9.17, 15) is 4.79 Å². The van der Waals surface area contributed by atoms with E-state index in [4.69, 9.17) is 4.74 Å². The molecule has 1 aromatic rings. The maximum atomic E-state index is 11.6. The number of amides is 1. The summed E-state index contributed by atoms with van der Waals surface area (Å²) < 4.78 is 5.44. The second kappa shape index (κ2) is 5.24. The van der Waals surface area contributed by atoms with Gasteiger partial charge in [0.2, 0.25) is 5.91 Å². The van der Waals surface area contributed by atoms with E-state index < -0.39 is 0 Å². The number of rotatable bonds is 3. The van der Waals surface area contributed by atoms with Crippen LogP contribution in [0.25, 0.3) is 0 Å². The first-order valence-corrected chi connectivity index (χ1v) is 7.75. The summed E-state index contributed by atoms with van der Waals surface area (Å²) in [5, 5.41) is 3.13. The van der Waals surface area contributed by atoms with Crippen LogP contribution in [-0.2, 0) is 11.2 Å². The molecule has 0 saturated carbocycles. The van der Waals surface area contributed by atoms with E-state index in [1.54, 1.807) is 14.0 Å². The standard InChI is InChI=1S/C17H24N2O2/c1-10(2)16-9-15(18-11(3)20)14-8-13(21-4)7-12-5-6-19(16)17(12)14/h7-8,10,15-16H,5-6,9H2,1-4H3,(H,18,20)/t15-,16-/m1/s1. The summed E-state index contributed by atoms with van der Waals surface area (Å²) in [6.45, 7) is 7.20. The number of nitrogens with zero attached hydrogens (tertiary/aromatic N) is 1. The van der Waals surface area contributed by atoms with Gasteiger partial charge in [0.1, 0.15) is 5.75 Å². The monoisotopic (exact) mass is 288 g/mol. The van der Waals surface area contributed by atoms with Crippen molar-refractivity contribution in [2.24, 2.45) is 5.92 Å². The number of methoxy groups -OCH3 is 1. The molecule has 3 rings (SSSR count). The Morgan fingerprint density at radius 3 is 2.81 bits per heavy atom. The van der Waals surface area contributed by atoms with Crippen molar-refractivity contribution < 1.29 is 9.53 Å². The molecule has 2 heterocycles. The summed E-state index contributed by atoms with van der Waals surface area (Å²) >= 11 is 0. The van der Waals surface area contributed by atoms with Crippen molar-refractivity contribution in [2.75, 3.05) is 18.6 Å².